The first-order valence-corrected chi connectivity index (χ1v) is 5.37. The van der Waals surface area contributed by atoms with Crippen molar-refractivity contribution < 1.29 is 9.53 Å². The lowest BCUT2D eigenvalue weighted by Crippen LogP contribution is -2.13. The highest BCUT2D eigenvalue weighted by atomic mass is 16.5. The molecule has 1 aliphatic carbocycles. The Morgan fingerprint density at radius 3 is 2.94 bits per heavy atom. The van der Waals surface area contributed by atoms with Crippen LogP contribution in [0, 0.1) is 24.2 Å². The largest absolute Gasteiger partial charge is 0.486 e. The molecule has 0 heterocycles. The van der Waals surface area contributed by atoms with Crippen LogP contribution in [0.3, 0.4) is 0 Å². The van der Waals surface area contributed by atoms with E-state index < -0.39 is 0 Å². The van der Waals surface area contributed by atoms with E-state index in [1.807, 2.05) is 13.0 Å². The van der Waals surface area contributed by atoms with Gasteiger partial charge in [-0.3, -0.25) is 4.79 Å². The van der Waals surface area contributed by atoms with Crippen molar-refractivity contribution in [2.45, 2.75) is 19.8 Å². The Kier molecular flexibility index (Phi) is 2.91. The van der Waals surface area contributed by atoms with Crippen molar-refractivity contribution in [2.75, 3.05) is 6.61 Å². The number of rotatable bonds is 4. The van der Waals surface area contributed by atoms with Crippen LogP contribution in [0.1, 0.15) is 24.0 Å². The third-order valence-electron chi connectivity index (χ3n) is 2.72. The average molecular weight is 215 g/mol. The van der Waals surface area contributed by atoms with Crippen molar-refractivity contribution in [2.24, 2.45) is 5.92 Å². The number of ketones is 1. The molecule has 3 heteroatoms. The number of ether oxygens (including phenoxy) is 1. The van der Waals surface area contributed by atoms with E-state index in [0.717, 1.165) is 18.4 Å². The number of carbonyl (C=O) groups excluding carboxylic acids is 1. The van der Waals surface area contributed by atoms with Gasteiger partial charge >= 0.3 is 0 Å². The predicted molar refractivity (Wildman–Crippen MR) is 59.1 cm³/mol. The van der Waals surface area contributed by atoms with Crippen LogP contribution in [0.15, 0.2) is 18.2 Å². The second-order valence-corrected chi connectivity index (χ2v) is 4.12. The standard InChI is InChI=1S/C13H13NO2/c1-9-2-3-10(7-14)6-13(9)16-8-12(15)11-4-5-11/h2-3,6,11H,4-5,8H2,1H3. The van der Waals surface area contributed by atoms with Gasteiger partial charge in [-0.25, -0.2) is 0 Å². The topological polar surface area (TPSA) is 50.1 Å². The number of nitrogens with zero attached hydrogens (tertiary/aromatic N) is 1. The number of aryl methyl sites for hydroxylation is 1. The second-order valence-electron chi connectivity index (χ2n) is 4.12. The van der Waals surface area contributed by atoms with Gasteiger partial charge in [0.2, 0.25) is 0 Å². The summed E-state index contributed by atoms with van der Waals surface area (Å²) in [7, 11) is 0. The summed E-state index contributed by atoms with van der Waals surface area (Å²) in [5, 5.41) is 8.76. The number of benzene rings is 1. The number of hydrogen-bond acceptors (Lipinski definition) is 3. The summed E-state index contributed by atoms with van der Waals surface area (Å²) in [5.41, 5.74) is 1.50. The molecule has 1 fully saturated rings. The zero-order chi connectivity index (χ0) is 11.5. The monoisotopic (exact) mass is 215 g/mol. The molecule has 2 rings (SSSR count). The summed E-state index contributed by atoms with van der Waals surface area (Å²) >= 11 is 0. The fourth-order valence-electron chi connectivity index (χ4n) is 1.50. The number of hydrogen-bond donors (Lipinski definition) is 0. The quantitative estimate of drug-likeness (QED) is 0.773. The first-order valence-electron chi connectivity index (χ1n) is 5.37. The van der Waals surface area contributed by atoms with E-state index in [1.165, 1.54) is 0 Å². The average Bonchev–Trinajstić information content (AvgIpc) is 3.11. The lowest BCUT2D eigenvalue weighted by Gasteiger charge is -2.08. The van der Waals surface area contributed by atoms with Gasteiger partial charge in [0.15, 0.2) is 5.78 Å². The molecule has 3 nitrogen and oxygen atoms in total. The van der Waals surface area contributed by atoms with E-state index in [4.69, 9.17) is 10.00 Å². The lowest BCUT2D eigenvalue weighted by atomic mass is 10.1. The van der Waals surface area contributed by atoms with Crippen molar-refractivity contribution in [3.05, 3.63) is 29.3 Å². The second kappa shape index (κ2) is 4.36. The Morgan fingerprint density at radius 1 is 1.56 bits per heavy atom. The maximum atomic E-state index is 11.5. The van der Waals surface area contributed by atoms with Crippen molar-refractivity contribution in [3.8, 4) is 11.8 Å². The summed E-state index contributed by atoms with van der Waals surface area (Å²) in [4.78, 5) is 11.5. The van der Waals surface area contributed by atoms with E-state index >= 15 is 0 Å². The Balaban J connectivity index is 2.02. The number of nitriles is 1. The van der Waals surface area contributed by atoms with Gasteiger partial charge in [0.1, 0.15) is 12.4 Å². The van der Waals surface area contributed by atoms with Gasteiger partial charge in [-0.05, 0) is 37.5 Å². The lowest BCUT2D eigenvalue weighted by molar-refractivity contribution is -0.122. The molecule has 16 heavy (non-hydrogen) atoms. The summed E-state index contributed by atoms with van der Waals surface area (Å²) in [6.07, 6.45) is 2.00. The van der Waals surface area contributed by atoms with E-state index in [2.05, 4.69) is 6.07 Å². The zero-order valence-corrected chi connectivity index (χ0v) is 9.19. The molecular weight excluding hydrogens is 202 g/mol. The zero-order valence-electron chi connectivity index (χ0n) is 9.19. The van der Waals surface area contributed by atoms with Crippen LogP contribution in [0.5, 0.6) is 5.75 Å². The molecule has 0 aromatic heterocycles. The van der Waals surface area contributed by atoms with Gasteiger partial charge in [0, 0.05) is 5.92 Å². The van der Waals surface area contributed by atoms with Crippen molar-refractivity contribution in [3.63, 3.8) is 0 Å². The maximum Gasteiger partial charge on any atom is 0.173 e. The van der Waals surface area contributed by atoms with Gasteiger partial charge in [-0.2, -0.15) is 5.26 Å². The molecule has 1 aromatic rings. The minimum atomic E-state index is 0.125. The van der Waals surface area contributed by atoms with Crippen LogP contribution in [-0.4, -0.2) is 12.4 Å². The van der Waals surface area contributed by atoms with Gasteiger partial charge < -0.3 is 4.74 Å². The molecule has 0 N–H and O–H groups in total. The van der Waals surface area contributed by atoms with Gasteiger partial charge in [0.05, 0.1) is 11.6 Å². The molecule has 0 saturated heterocycles. The molecule has 0 atom stereocenters. The molecule has 0 unspecified atom stereocenters. The highest BCUT2D eigenvalue weighted by molar-refractivity contribution is 5.84. The van der Waals surface area contributed by atoms with Crippen LogP contribution in [-0.2, 0) is 4.79 Å². The fourth-order valence-corrected chi connectivity index (χ4v) is 1.50. The summed E-state index contributed by atoms with van der Waals surface area (Å²) in [5.74, 6) is 1.02. The molecule has 0 amide bonds. The highest BCUT2D eigenvalue weighted by Gasteiger charge is 2.29. The van der Waals surface area contributed by atoms with Crippen molar-refractivity contribution in [1.82, 2.24) is 0 Å². The highest BCUT2D eigenvalue weighted by Crippen LogP contribution is 2.30. The Labute approximate surface area is 94.6 Å². The molecule has 0 bridgehead atoms. The van der Waals surface area contributed by atoms with Gasteiger partial charge in [0.25, 0.3) is 0 Å². The normalized spacial score (nSPS) is 14.2. The summed E-state index contributed by atoms with van der Waals surface area (Å²) in [6.45, 7) is 2.03. The third-order valence-corrected chi connectivity index (χ3v) is 2.72. The fraction of sp³-hybridized carbons (Fsp3) is 0.385. The molecule has 0 radical (unpaired) electrons. The molecular formula is C13H13NO2. The van der Waals surface area contributed by atoms with Crippen LogP contribution < -0.4 is 4.74 Å². The molecule has 1 saturated carbocycles. The van der Waals surface area contributed by atoms with Crippen molar-refractivity contribution >= 4 is 5.78 Å². The van der Waals surface area contributed by atoms with E-state index in [9.17, 15) is 4.79 Å². The Hall–Kier alpha value is -1.82. The Morgan fingerprint density at radius 2 is 2.31 bits per heavy atom. The van der Waals surface area contributed by atoms with Crippen LogP contribution in [0.2, 0.25) is 0 Å². The third kappa shape index (κ3) is 2.40. The smallest absolute Gasteiger partial charge is 0.173 e. The molecule has 1 aliphatic rings. The van der Waals surface area contributed by atoms with E-state index in [-0.39, 0.29) is 18.3 Å². The minimum absolute atomic E-state index is 0.125. The first-order chi connectivity index (χ1) is 7.70. The van der Waals surface area contributed by atoms with Gasteiger partial charge in [-0.1, -0.05) is 6.07 Å². The first kappa shape index (κ1) is 10.7. The molecule has 0 aliphatic heterocycles. The molecule has 82 valence electrons. The SMILES string of the molecule is Cc1ccc(C#N)cc1OCC(=O)C1CC1. The molecule has 0 spiro atoms. The minimum Gasteiger partial charge on any atom is -0.486 e. The van der Waals surface area contributed by atoms with E-state index in [0.29, 0.717) is 11.3 Å². The van der Waals surface area contributed by atoms with Crippen LogP contribution >= 0.6 is 0 Å². The van der Waals surface area contributed by atoms with Crippen molar-refractivity contribution in [1.29, 1.82) is 5.26 Å². The van der Waals surface area contributed by atoms with Gasteiger partial charge in [-0.15, -0.1) is 0 Å². The van der Waals surface area contributed by atoms with Crippen LogP contribution in [0.25, 0.3) is 0 Å². The van der Waals surface area contributed by atoms with Crippen LogP contribution in [0.4, 0.5) is 0 Å². The van der Waals surface area contributed by atoms with E-state index in [1.54, 1.807) is 12.1 Å². The predicted octanol–water partition coefficient (Wildman–Crippen LogP) is 2.22. The maximum absolute atomic E-state index is 11.5. The summed E-state index contributed by atoms with van der Waals surface area (Å²) in [6, 6.07) is 7.30. The number of carbonyl (C=O) groups is 1. The molecule has 1 aromatic carbocycles. The Bertz CT molecular complexity index is 455. The summed E-state index contributed by atoms with van der Waals surface area (Å²) < 4.78 is 5.44. The number of Topliss-reactive ketones (excluding diaryl/α,β-unsaturated/α-hetero) is 1.